The Morgan fingerprint density at radius 1 is 0.806 bits per heavy atom. The van der Waals surface area contributed by atoms with E-state index in [0.717, 1.165) is 43.1 Å². The van der Waals surface area contributed by atoms with Crippen LogP contribution >= 0.6 is 0 Å². The van der Waals surface area contributed by atoms with E-state index >= 15 is 0 Å². The molecule has 0 radical (unpaired) electrons. The second-order valence-electron chi connectivity index (χ2n) is 8.97. The van der Waals surface area contributed by atoms with Gasteiger partial charge in [-0.25, -0.2) is 9.97 Å². The fraction of sp³-hybridized carbons (Fsp3) is 0.429. The van der Waals surface area contributed by atoms with Crippen LogP contribution in [0.1, 0.15) is 68.3 Å². The maximum absolute atomic E-state index is 9.40. The standard InChI is InChI=1S/C28H34N2O/c31-26-17-15-23(16-18-26)11-6-14-28-29-20-19-27(30-28)25-13-5-12-24(21-25)10-4-3-9-22-7-1-2-8-22/h5,12-13,15-22,31H,1-4,6-11,14H2. The Hall–Kier alpha value is -2.68. The van der Waals surface area contributed by atoms with Crippen molar-refractivity contribution in [3.05, 3.63) is 77.7 Å². The molecule has 1 heterocycles. The van der Waals surface area contributed by atoms with Crippen molar-refractivity contribution in [3.8, 4) is 17.0 Å². The second kappa shape index (κ2) is 11.1. The summed E-state index contributed by atoms with van der Waals surface area (Å²) >= 11 is 0. The highest BCUT2D eigenvalue weighted by atomic mass is 16.3. The summed E-state index contributed by atoms with van der Waals surface area (Å²) in [4.78, 5) is 9.31. The molecule has 1 aromatic heterocycles. The van der Waals surface area contributed by atoms with Crippen LogP contribution in [0.15, 0.2) is 60.8 Å². The van der Waals surface area contributed by atoms with E-state index in [0.29, 0.717) is 5.75 Å². The van der Waals surface area contributed by atoms with Gasteiger partial charge >= 0.3 is 0 Å². The largest absolute Gasteiger partial charge is 0.508 e. The number of benzene rings is 2. The normalized spacial score (nSPS) is 14.2. The second-order valence-corrected chi connectivity index (χ2v) is 8.97. The van der Waals surface area contributed by atoms with Crippen LogP contribution in [0, 0.1) is 5.92 Å². The van der Waals surface area contributed by atoms with Gasteiger partial charge in [0.1, 0.15) is 11.6 Å². The summed E-state index contributed by atoms with van der Waals surface area (Å²) in [5.41, 5.74) is 4.85. The van der Waals surface area contributed by atoms with E-state index in [9.17, 15) is 5.11 Å². The number of rotatable bonds is 10. The highest BCUT2D eigenvalue weighted by Gasteiger charge is 2.14. The van der Waals surface area contributed by atoms with Gasteiger partial charge in [0.05, 0.1) is 5.69 Å². The van der Waals surface area contributed by atoms with E-state index in [2.05, 4.69) is 29.2 Å². The van der Waals surface area contributed by atoms with Gasteiger partial charge in [0, 0.05) is 18.2 Å². The molecule has 1 aliphatic carbocycles. The van der Waals surface area contributed by atoms with Crippen molar-refractivity contribution in [1.82, 2.24) is 9.97 Å². The summed E-state index contributed by atoms with van der Waals surface area (Å²) in [6.07, 6.45) is 15.7. The average Bonchev–Trinajstić information content (AvgIpc) is 3.32. The quantitative estimate of drug-likeness (QED) is 0.366. The monoisotopic (exact) mass is 414 g/mol. The van der Waals surface area contributed by atoms with Crippen molar-refractivity contribution in [2.24, 2.45) is 5.92 Å². The predicted octanol–water partition coefficient (Wildman–Crippen LogP) is 6.93. The molecule has 31 heavy (non-hydrogen) atoms. The number of aryl methyl sites for hydroxylation is 3. The third-order valence-electron chi connectivity index (χ3n) is 6.53. The first-order valence-electron chi connectivity index (χ1n) is 12.0. The topological polar surface area (TPSA) is 46.0 Å². The van der Waals surface area contributed by atoms with Crippen LogP contribution in [-0.2, 0) is 19.3 Å². The molecule has 4 rings (SSSR count). The third-order valence-corrected chi connectivity index (χ3v) is 6.53. The van der Waals surface area contributed by atoms with Gasteiger partial charge in [-0.05, 0) is 67.0 Å². The molecule has 0 spiro atoms. The lowest BCUT2D eigenvalue weighted by atomic mass is 9.97. The van der Waals surface area contributed by atoms with E-state index in [4.69, 9.17) is 4.98 Å². The van der Waals surface area contributed by atoms with Crippen LogP contribution in [0.5, 0.6) is 5.75 Å². The summed E-state index contributed by atoms with van der Waals surface area (Å²) in [7, 11) is 0. The number of hydrogen-bond donors (Lipinski definition) is 1. The Balaban J connectivity index is 1.29. The lowest BCUT2D eigenvalue weighted by Crippen LogP contribution is -1.98. The zero-order valence-corrected chi connectivity index (χ0v) is 18.5. The van der Waals surface area contributed by atoms with Crippen LogP contribution in [0.4, 0.5) is 0 Å². The predicted molar refractivity (Wildman–Crippen MR) is 127 cm³/mol. The summed E-state index contributed by atoms with van der Waals surface area (Å²) in [6, 6.07) is 18.3. The molecule has 3 aromatic rings. The van der Waals surface area contributed by atoms with Crippen molar-refractivity contribution in [2.45, 2.75) is 70.6 Å². The van der Waals surface area contributed by atoms with Gasteiger partial charge in [-0.15, -0.1) is 0 Å². The fourth-order valence-electron chi connectivity index (χ4n) is 4.74. The van der Waals surface area contributed by atoms with Gasteiger partial charge in [0.15, 0.2) is 0 Å². The van der Waals surface area contributed by atoms with E-state index < -0.39 is 0 Å². The molecule has 0 atom stereocenters. The number of hydrogen-bond acceptors (Lipinski definition) is 3. The van der Waals surface area contributed by atoms with Crippen molar-refractivity contribution in [2.75, 3.05) is 0 Å². The fourth-order valence-corrected chi connectivity index (χ4v) is 4.74. The zero-order chi connectivity index (χ0) is 21.3. The minimum atomic E-state index is 0.316. The first-order valence-corrected chi connectivity index (χ1v) is 12.0. The highest BCUT2D eigenvalue weighted by molar-refractivity contribution is 5.59. The first kappa shape index (κ1) is 21.5. The van der Waals surface area contributed by atoms with Gasteiger partial charge in [-0.2, -0.15) is 0 Å². The molecule has 0 amide bonds. The number of phenolic OH excluding ortho intramolecular Hbond substituents is 1. The van der Waals surface area contributed by atoms with Gasteiger partial charge in [-0.3, -0.25) is 0 Å². The third kappa shape index (κ3) is 6.65. The summed E-state index contributed by atoms with van der Waals surface area (Å²) in [6.45, 7) is 0. The smallest absolute Gasteiger partial charge is 0.128 e. The maximum Gasteiger partial charge on any atom is 0.128 e. The molecule has 1 fully saturated rings. The number of nitrogens with zero attached hydrogens (tertiary/aromatic N) is 2. The summed E-state index contributed by atoms with van der Waals surface area (Å²) in [5.74, 6) is 2.22. The molecule has 2 aromatic carbocycles. The van der Waals surface area contributed by atoms with Gasteiger partial charge in [-0.1, -0.05) is 68.9 Å². The molecule has 0 bridgehead atoms. The maximum atomic E-state index is 9.40. The molecular formula is C28H34N2O. The molecular weight excluding hydrogens is 380 g/mol. The number of phenols is 1. The van der Waals surface area contributed by atoms with Crippen molar-refractivity contribution in [1.29, 1.82) is 0 Å². The van der Waals surface area contributed by atoms with E-state index in [1.165, 1.54) is 61.6 Å². The number of unbranched alkanes of at least 4 members (excludes halogenated alkanes) is 1. The summed E-state index contributed by atoms with van der Waals surface area (Å²) < 4.78 is 0. The van der Waals surface area contributed by atoms with Gasteiger partial charge < -0.3 is 5.11 Å². The van der Waals surface area contributed by atoms with Gasteiger partial charge in [0.2, 0.25) is 0 Å². The van der Waals surface area contributed by atoms with Crippen LogP contribution in [0.2, 0.25) is 0 Å². The Labute approximate surface area is 186 Å². The van der Waals surface area contributed by atoms with Crippen molar-refractivity contribution in [3.63, 3.8) is 0 Å². The first-order chi connectivity index (χ1) is 15.3. The Kier molecular flexibility index (Phi) is 7.71. The van der Waals surface area contributed by atoms with Crippen molar-refractivity contribution < 1.29 is 5.11 Å². The Morgan fingerprint density at radius 2 is 1.61 bits per heavy atom. The minimum absolute atomic E-state index is 0.316. The van der Waals surface area contributed by atoms with E-state index in [1.54, 1.807) is 12.1 Å². The van der Waals surface area contributed by atoms with Crippen LogP contribution in [-0.4, -0.2) is 15.1 Å². The lowest BCUT2D eigenvalue weighted by molar-refractivity contribution is 0.473. The van der Waals surface area contributed by atoms with Crippen LogP contribution in [0.3, 0.4) is 0 Å². The lowest BCUT2D eigenvalue weighted by Gasteiger charge is -2.09. The molecule has 162 valence electrons. The minimum Gasteiger partial charge on any atom is -0.508 e. The molecule has 1 saturated carbocycles. The van der Waals surface area contributed by atoms with Crippen LogP contribution in [0.25, 0.3) is 11.3 Å². The van der Waals surface area contributed by atoms with Crippen molar-refractivity contribution >= 4 is 0 Å². The molecule has 1 N–H and O–H groups in total. The molecule has 0 unspecified atom stereocenters. The zero-order valence-electron chi connectivity index (χ0n) is 18.5. The number of aromatic hydroxyl groups is 1. The Bertz CT molecular complexity index is 945. The Morgan fingerprint density at radius 3 is 2.45 bits per heavy atom. The molecule has 1 aliphatic rings. The van der Waals surface area contributed by atoms with E-state index in [1.807, 2.05) is 24.4 Å². The van der Waals surface area contributed by atoms with Gasteiger partial charge in [0.25, 0.3) is 0 Å². The van der Waals surface area contributed by atoms with Crippen LogP contribution < -0.4 is 0 Å². The average molecular weight is 415 g/mol. The SMILES string of the molecule is Oc1ccc(CCCc2nccc(-c3cccc(CCCCC4CCCC4)c3)n2)cc1. The molecule has 0 saturated heterocycles. The highest BCUT2D eigenvalue weighted by Crippen LogP contribution is 2.29. The summed E-state index contributed by atoms with van der Waals surface area (Å²) in [5, 5.41) is 9.40. The molecule has 3 heteroatoms. The molecule has 3 nitrogen and oxygen atoms in total. The number of aromatic nitrogens is 2. The molecule has 0 aliphatic heterocycles. The van der Waals surface area contributed by atoms with E-state index in [-0.39, 0.29) is 0 Å².